The number of aromatic hydroxyl groups is 1. The van der Waals surface area contributed by atoms with E-state index in [0.29, 0.717) is 11.1 Å². The number of hydrogen-bond acceptors (Lipinski definition) is 8. The number of primary amides is 1. The Morgan fingerprint density at radius 1 is 1.05 bits per heavy atom. The summed E-state index contributed by atoms with van der Waals surface area (Å²) in [5, 5.41) is 33.3. The van der Waals surface area contributed by atoms with Crippen molar-refractivity contribution in [2.24, 2.45) is 29.4 Å². The predicted octanol–water partition coefficient (Wildman–Crippen LogP) is 1.14. The highest BCUT2D eigenvalue weighted by atomic mass is 16.3. The van der Waals surface area contributed by atoms with Crippen molar-refractivity contribution in [1.29, 1.82) is 0 Å². The highest BCUT2D eigenvalue weighted by Gasteiger charge is 2.69. The van der Waals surface area contributed by atoms with Gasteiger partial charge in [0.15, 0.2) is 23.0 Å². The average Bonchev–Trinajstić information content (AvgIpc) is 2.86. The van der Waals surface area contributed by atoms with Crippen molar-refractivity contribution in [2.45, 2.75) is 37.5 Å². The Morgan fingerprint density at radius 3 is 2.33 bits per heavy atom. The first-order valence-corrected chi connectivity index (χ1v) is 13.0. The molecule has 3 aliphatic rings. The molecule has 0 spiro atoms. The first-order chi connectivity index (χ1) is 18.4. The molecule has 0 saturated heterocycles. The number of ketones is 3. The van der Waals surface area contributed by atoms with Crippen LogP contribution in [0.3, 0.4) is 0 Å². The second kappa shape index (κ2) is 9.51. The number of amides is 1. The maximum atomic E-state index is 13.9. The van der Waals surface area contributed by atoms with E-state index in [1.165, 1.54) is 6.07 Å². The SMILES string of the molecule is Cc1ccc(/C=C/c2ccc(O)c3c2C[C@@H]2C[C@@H]4[C@@H](N(C)C)C(O)C(C(N)=O)C(=O)[C@]4(O)C(=O)C2C3=O)cc1. The van der Waals surface area contributed by atoms with Crippen LogP contribution in [0, 0.1) is 30.6 Å². The minimum Gasteiger partial charge on any atom is -0.507 e. The Labute approximate surface area is 225 Å². The van der Waals surface area contributed by atoms with Gasteiger partial charge in [0.25, 0.3) is 0 Å². The standard InChI is InChI=1S/C30H32N2O7/c1-14-4-6-15(7-5-14)8-9-16-10-11-20(33)22-18(16)12-17-13-19-24(32(2)3)26(35)23(29(31)38)28(37)30(19,39)27(36)21(17)25(22)34/h4-11,17,19,21,23-24,26,33,35,39H,12-13H2,1-3H3,(H2,31,38)/b9-8+/t17-,19-,21?,23?,24-,26?,30-/m1/s1. The Balaban J connectivity index is 1.59. The van der Waals surface area contributed by atoms with Crippen LogP contribution < -0.4 is 5.73 Å². The van der Waals surface area contributed by atoms with Gasteiger partial charge in [-0.3, -0.25) is 19.2 Å². The summed E-state index contributed by atoms with van der Waals surface area (Å²) in [6.45, 7) is 1.99. The van der Waals surface area contributed by atoms with E-state index in [-0.39, 0.29) is 24.2 Å². The molecule has 1 amide bonds. The summed E-state index contributed by atoms with van der Waals surface area (Å²) in [6, 6.07) is 10.1. The third kappa shape index (κ3) is 4.04. The molecule has 0 heterocycles. The molecule has 2 saturated carbocycles. The fourth-order valence-corrected chi connectivity index (χ4v) is 6.87. The Bertz CT molecular complexity index is 1410. The van der Waals surface area contributed by atoms with Crippen LogP contribution in [0.1, 0.15) is 39.0 Å². The monoisotopic (exact) mass is 532 g/mol. The van der Waals surface area contributed by atoms with Crippen LogP contribution in [0.4, 0.5) is 0 Å². The topological polar surface area (TPSA) is 158 Å². The molecular formula is C30H32N2O7. The third-order valence-electron chi connectivity index (χ3n) is 8.74. The highest BCUT2D eigenvalue weighted by molar-refractivity contribution is 6.25. The van der Waals surface area contributed by atoms with E-state index in [9.17, 15) is 34.5 Å². The van der Waals surface area contributed by atoms with Crippen molar-refractivity contribution in [3.63, 3.8) is 0 Å². The zero-order valence-electron chi connectivity index (χ0n) is 22.0. The van der Waals surface area contributed by atoms with Crippen molar-refractivity contribution in [3.8, 4) is 5.75 Å². The van der Waals surface area contributed by atoms with Crippen LogP contribution in [0.25, 0.3) is 12.2 Å². The zero-order chi connectivity index (χ0) is 28.4. The van der Waals surface area contributed by atoms with E-state index in [4.69, 9.17) is 5.73 Å². The fraction of sp³-hybridized carbons (Fsp3) is 0.400. The van der Waals surface area contributed by atoms with Crippen molar-refractivity contribution in [3.05, 3.63) is 64.2 Å². The molecule has 5 N–H and O–H groups in total. The maximum Gasteiger partial charge on any atom is 0.230 e. The number of nitrogens with zero attached hydrogens (tertiary/aromatic N) is 1. The molecule has 5 rings (SSSR count). The van der Waals surface area contributed by atoms with Gasteiger partial charge in [-0.05, 0) is 62.5 Å². The van der Waals surface area contributed by atoms with Crippen LogP contribution in [-0.2, 0) is 20.8 Å². The lowest BCUT2D eigenvalue weighted by molar-refractivity contribution is -0.190. The summed E-state index contributed by atoms with van der Waals surface area (Å²) >= 11 is 0. The first kappa shape index (κ1) is 26.9. The number of fused-ring (bicyclic) bond motifs is 3. The van der Waals surface area contributed by atoms with Crippen LogP contribution in [-0.4, -0.2) is 75.3 Å². The molecule has 0 aliphatic heterocycles. The third-order valence-corrected chi connectivity index (χ3v) is 8.74. The lowest BCUT2D eigenvalue weighted by Crippen LogP contribution is -2.75. The summed E-state index contributed by atoms with van der Waals surface area (Å²) in [7, 11) is 3.23. The Morgan fingerprint density at radius 2 is 1.72 bits per heavy atom. The molecule has 9 nitrogen and oxygen atoms in total. The van der Waals surface area contributed by atoms with E-state index in [2.05, 4.69) is 0 Å². The summed E-state index contributed by atoms with van der Waals surface area (Å²) in [5.74, 6) is -9.09. The first-order valence-electron chi connectivity index (χ1n) is 13.0. The molecular weight excluding hydrogens is 500 g/mol. The number of phenolic OH excluding ortho intramolecular Hbond substituents is 1. The van der Waals surface area contributed by atoms with Gasteiger partial charge in [-0.2, -0.15) is 0 Å². The largest absolute Gasteiger partial charge is 0.507 e. The summed E-state index contributed by atoms with van der Waals surface area (Å²) in [4.78, 5) is 54.8. The molecule has 0 radical (unpaired) electrons. The Hall–Kier alpha value is -3.66. The van der Waals surface area contributed by atoms with Gasteiger partial charge in [0.1, 0.15) is 11.7 Å². The van der Waals surface area contributed by atoms with Crippen molar-refractivity contribution < 1.29 is 34.5 Å². The quantitative estimate of drug-likeness (QED) is 0.337. The van der Waals surface area contributed by atoms with Gasteiger partial charge in [-0.15, -0.1) is 0 Å². The van der Waals surface area contributed by atoms with E-state index in [1.807, 2.05) is 43.3 Å². The maximum absolute atomic E-state index is 13.9. The molecule has 39 heavy (non-hydrogen) atoms. The number of likely N-dealkylation sites (N-methyl/N-ethyl adjacent to an activating group) is 1. The highest BCUT2D eigenvalue weighted by Crippen LogP contribution is 2.51. The number of phenols is 1. The van der Waals surface area contributed by atoms with Gasteiger partial charge in [0, 0.05) is 12.0 Å². The molecule has 2 fully saturated rings. The molecule has 3 unspecified atom stereocenters. The summed E-state index contributed by atoms with van der Waals surface area (Å²) < 4.78 is 0. The summed E-state index contributed by atoms with van der Waals surface area (Å²) in [6.07, 6.45) is 2.55. The number of Topliss-reactive ketones (excluding diaryl/α,β-unsaturated/α-hetero) is 3. The molecule has 0 bridgehead atoms. The molecule has 204 valence electrons. The smallest absolute Gasteiger partial charge is 0.230 e. The van der Waals surface area contributed by atoms with Crippen molar-refractivity contribution >= 4 is 35.4 Å². The number of aliphatic hydroxyl groups is 2. The van der Waals surface area contributed by atoms with Gasteiger partial charge in [0.2, 0.25) is 5.91 Å². The number of rotatable bonds is 4. The van der Waals surface area contributed by atoms with E-state index in [0.717, 1.165) is 11.1 Å². The number of carbonyl (C=O) groups is 4. The molecule has 7 atom stereocenters. The van der Waals surface area contributed by atoms with Gasteiger partial charge >= 0.3 is 0 Å². The lowest BCUT2D eigenvalue weighted by atomic mass is 9.52. The molecule has 0 aromatic heterocycles. The van der Waals surface area contributed by atoms with E-state index in [1.54, 1.807) is 25.1 Å². The predicted molar refractivity (Wildman–Crippen MR) is 142 cm³/mol. The number of nitrogens with two attached hydrogens (primary N) is 1. The second-order valence-corrected chi connectivity index (χ2v) is 11.2. The molecule has 2 aromatic rings. The lowest BCUT2D eigenvalue weighted by Gasteiger charge is -2.54. The number of benzene rings is 2. The van der Waals surface area contributed by atoms with Crippen LogP contribution in [0.2, 0.25) is 0 Å². The minimum atomic E-state index is -2.67. The fourth-order valence-electron chi connectivity index (χ4n) is 6.87. The van der Waals surface area contributed by atoms with Gasteiger partial charge in [-0.25, -0.2) is 0 Å². The number of hydrogen-bond donors (Lipinski definition) is 4. The van der Waals surface area contributed by atoms with E-state index < -0.39 is 64.7 Å². The van der Waals surface area contributed by atoms with Gasteiger partial charge in [0.05, 0.1) is 17.6 Å². The molecule has 2 aromatic carbocycles. The van der Waals surface area contributed by atoms with Gasteiger partial charge in [-0.1, -0.05) is 48.0 Å². The van der Waals surface area contributed by atoms with Crippen molar-refractivity contribution in [2.75, 3.05) is 14.1 Å². The zero-order valence-corrected chi connectivity index (χ0v) is 22.0. The average molecular weight is 533 g/mol. The van der Waals surface area contributed by atoms with Crippen LogP contribution >= 0.6 is 0 Å². The Kier molecular flexibility index (Phi) is 6.57. The molecule has 9 heteroatoms. The number of aryl methyl sites for hydroxylation is 1. The van der Waals surface area contributed by atoms with Crippen molar-refractivity contribution in [1.82, 2.24) is 4.90 Å². The summed E-state index contributed by atoms with van der Waals surface area (Å²) in [5.41, 5.74) is 6.11. The number of aliphatic hydroxyl groups excluding tert-OH is 1. The van der Waals surface area contributed by atoms with E-state index >= 15 is 0 Å². The number of carbonyl (C=O) groups excluding carboxylic acids is 4. The normalized spacial score (nSPS) is 32.2. The second-order valence-electron chi connectivity index (χ2n) is 11.2. The molecule has 3 aliphatic carbocycles. The van der Waals surface area contributed by atoms with Crippen LogP contribution in [0.5, 0.6) is 5.75 Å². The van der Waals surface area contributed by atoms with Crippen LogP contribution in [0.15, 0.2) is 36.4 Å². The minimum absolute atomic E-state index is 0.00314. The van der Waals surface area contributed by atoms with Gasteiger partial charge < -0.3 is 26.0 Å².